The van der Waals surface area contributed by atoms with Gasteiger partial charge in [0.2, 0.25) is 0 Å². The predicted molar refractivity (Wildman–Crippen MR) is 63.5 cm³/mol. The van der Waals surface area contributed by atoms with E-state index in [9.17, 15) is 17.2 Å². The number of hydrogen-bond donors (Lipinski definition) is 1. The number of hydrogen-bond acceptors (Lipinski definition) is 4. The molecule has 0 saturated heterocycles. The van der Waals surface area contributed by atoms with Gasteiger partial charge in [-0.05, 0) is 18.5 Å². The van der Waals surface area contributed by atoms with Crippen molar-refractivity contribution in [2.45, 2.75) is 17.7 Å². The molecule has 1 aromatic rings. The molecular weight excluding hydrogens is 264 g/mol. The van der Waals surface area contributed by atoms with E-state index in [-0.39, 0.29) is 23.8 Å². The summed E-state index contributed by atoms with van der Waals surface area (Å²) in [6.07, 6.45) is 0.736. The van der Waals surface area contributed by atoms with Gasteiger partial charge in [-0.15, -0.1) is 0 Å². The lowest BCUT2D eigenvalue weighted by atomic mass is 10.00. The van der Waals surface area contributed by atoms with Gasteiger partial charge in [-0.3, -0.25) is 0 Å². The summed E-state index contributed by atoms with van der Waals surface area (Å²) < 4.78 is 55.2. The Kier molecular flexibility index (Phi) is 4.28. The zero-order valence-corrected chi connectivity index (χ0v) is 11.1. The molecule has 4 nitrogen and oxygen atoms in total. The molecule has 0 fully saturated rings. The van der Waals surface area contributed by atoms with E-state index in [4.69, 9.17) is 10.5 Å². The quantitative estimate of drug-likeness (QED) is 0.905. The Hall–Kier alpha value is -1.21. The second kappa shape index (κ2) is 5.19. The number of sulfone groups is 1. The zero-order chi connectivity index (χ0) is 14.1. The Morgan fingerprint density at radius 3 is 2.39 bits per heavy atom. The molecule has 0 heterocycles. The zero-order valence-electron chi connectivity index (χ0n) is 10.3. The SMILES string of the molecule is COc1c(C(C)CN)cc(F)c(S(C)(=O)=O)c1F. The van der Waals surface area contributed by atoms with Crippen molar-refractivity contribution in [1.29, 1.82) is 0 Å². The number of rotatable bonds is 4. The molecule has 0 saturated carbocycles. The van der Waals surface area contributed by atoms with Gasteiger partial charge in [0.25, 0.3) is 0 Å². The summed E-state index contributed by atoms with van der Waals surface area (Å²) in [6.45, 7) is 1.82. The summed E-state index contributed by atoms with van der Waals surface area (Å²) >= 11 is 0. The summed E-state index contributed by atoms with van der Waals surface area (Å²) in [7, 11) is -2.82. The van der Waals surface area contributed by atoms with Crippen LogP contribution in [-0.2, 0) is 9.84 Å². The monoisotopic (exact) mass is 279 g/mol. The van der Waals surface area contributed by atoms with Gasteiger partial charge in [0, 0.05) is 11.8 Å². The smallest absolute Gasteiger partial charge is 0.186 e. The van der Waals surface area contributed by atoms with Crippen LogP contribution < -0.4 is 10.5 Å². The minimum atomic E-state index is -4.01. The van der Waals surface area contributed by atoms with E-state index in [1.165, 1.54) is 7.11 Å². The Morgan fingerprint density at radius 2 is 2.00 bits per heavy atom. The van der Waals surface area contributed by atoms with Gasteiger partial charge >= 0.3 is 0 Å². The molecule has 0 aliphatic rings. The van der Waals surface area contributed by atoms with Gasteiger partial charge < -0.3 is 10.5 Å². The van der Waals surface area contributed by atoms with Crippen molar-refractivity contribution in [2.75, 3.05) is 19.9 Å². The van der Waals surface area contributed by atoms with Crippen molar-refractivity contribution in [1.82, 2.24) is 0 Å². The number of methoxy groups -OCH3 is 1. The molecular formula is C11H15F2NO3S. The molecule has 18 heavy (non-hydrogen) atoms. The summed E-state index contributed by atoms with van der Waals surface area (Å²) in [5.41, 5.74) is 5.64. The van der Waals surface area contributed by atoms with Gasteiger partial charge in [0.15, 0.2) is 21.4 Å². The van der Waals surface area contributed by atoms with Gasteiger partial charge in [-0.1, -0.05) is 6.92 Å². The number of ether oxygens (including phenoxy) is 1. The molecule has 1 rings (SSSR count). The topological polar surface area (TPSA) is 69.4 Å². The lowest BCUT2D eigenvalue weighted by Crippen LogP contribution is -2.14. The van der Waals surface area contributed by atoms with Gasteiger partial charge in [0.1, 0.15) is 10.7 Å². The largest absolute Gasteiger partial charge is 0.493 e. The van der Waals surface area contributed by atoms with E-state index < -0.39 is 26.4 Å². The van der Waals surface area contributed by atoms with Crippen molar-refractivity contribution in [3.8, 4) is 5.75 Å². The highest BCUT2D eigenvalue weighted by molar-refractivity contribution is 7.90. The van der Waals surface area contributed by atoms with Crippen molar-refractivity contribution >= 4 is 9.84 Å². The third-order valence-corrected chi connectivity index (χ3v) is 3.74. The molecule has 2 N–H and O–H groups in total. The highest BCUT2D eigenvalue weighted by Gasteiger charge is 2.27. The average molecular weight is 279 g/mol. The van der Waals surface area contributed by atoms with Gasteiger partial charge in [0.05, 0.1) is 7.11 Å². The molecule has 0 aliphatic carbocycles. The summed E-state index contributed by atoms with van der Waals surface area (Å²) in [6, 6.07) is 0.954. The first kappa shape index (κ1) is 14.8. The molecule has 0 aromatic heterocycles. The Balaban J connectivity index is 3.65. The molecule has 0 radical (unpaired) electrons. The maximum absolute atomic E-state index is 14.0. The second-order valence-electron chi connectivity index (χ2n) is 4.03. The van der Waals surface area contributed by atoms with E-state index in [0.717, 1.165) is 12.3 Å². The fourth-order valence-electron chi connectivity index (χ4n) is 1.64. The Morgan fingerprint density at radius 1 is 1.44 bits per heavy atom. The van der Waals surface area contributed by atoms with E-state index >= 15 is 0 Å². The second-order valence-corrected chi connectivity index (χ2v) is 5.99. The first-order chi connectivity index (χ1) is 8.23. The molecule has 0 aliphatic heterocycles. The van der Waals surface area contributed by atoms with Crippen molar-refractivity contribution in [2.24, 2.45) is 5.73 Å². The third-order valence-electron chi connectivity index (χ3n) is 2.62. The van der Waals surface area contributed by atoms with Crippen LogP contribution in [0.25, 0.3) is 0 Å². The molecule has 1 aromatic carbocycles. The van der Waals surface area contributed by atoms with Crippen LogP contribution in [-0.4, -0.2) is 28.3 Å². The molecule has 0 bridgehead atoms. The molecule has 7 heteroatoms. The minimum Gasteiger partial charge on any atom is -0.493 e. The molecule has 0 spiro atoms. The molecule has 1 unspecified atom stereocenters. The van der Waals surface area contributed by atoms with Crippen LogP contribution in [0.2, 0.25) is 0 Å². The third kappa shape index (κ3) is 2.62. The molecule has 0 amide bonds. The number of benzene rings is 1. The Bertz CT molecular complexity index is 558. The predicted octanol–water partition coefficient (Wildman–Crippen LogP) is 1.44. The van der Waals surface area contributed by atoms with E-state index in [0.29, 0.717) is 0 Å². The van der Waals surface area contributed by atoms with Crippen LogP contribution in [0.15, 0.2) is 11.0 Å². The van der Waals surface area contributed by atoms with E-state index in [1.807, 2.05) is 0 Å². The van der Waals surface area contributed by atoms with Crippen LogP contribution in [0.5, 0.6) is 5.75 Å². The Labute approximate surface area is 105 Å². The summed E-state index contributed by atoms with van der Waals surface area (Å²) in [5, 5.41) is 0. The van der Waals surface area contributed by atoms with Crippen LogP contribution in [0.1, 0.15) is 18.4 Å². The minimum absolute atomic E-state index is 0.160. The van der Waals surface area contributed by atoms with Crippen LogP contribution in [0.3, 0.4) is 0 Å². The van der Waals surface area contributed by atoms with Crippen LogP contribution in [0.4, 0.5) is 8.78 Å². The van der Waals surface area contributed by atoms with E-state index in [1.54, 1.807) is 6.92 Å². The maximum Gasteiger partial charge on any atom is 0.186 e. The van der Waals surface area contributed by atoms with Crippen LogP contribution in [0, 0.1) is 11.6 Å². The maximum atomic E-state index is 14.0. The fourth-order valence-corrected chi connectivity index (χ4v) is 2.47. The fraction of sp³-hybridized carbons (Fsp3) is 0.455. The van der Waals surface area contributed by atoms with Crippen molar-refractivity contribution < 1.29 is 21.9 Å². The van der Waals surface area contributed by atoms with Gasteiger partial charge in [-0.25, -0.2) is 17.2 Å². The first-order valence-electron chi connectivity index (χ1n) is 5.20. The normalized spacial score (nSPS) is 13.4. The lowest BCUT2D eigenvalue weighted by Gasteiger charge is -2.16. The van der Waals surface area contributed by atoms with Crippen LogP contribution >= 0.6 is 0 Å². The summed E-state index contributed by atoms with van der Waals surface area (Å²) in [4.78, 5) is -0.979. The summed E-state index contributed by atoms with van der Waals surface area (Å²) in [5.74, 6) is -2.98. The van der Waals surface area contributed by atoms with Gasteiger partial charge in [-0.2, -0.15) is 0 Å². The highest BCUT2D eigenvalue weighted by Crippen LogP contribution is 2.34. The first-order valence-corrected chi connectivity index (χ1v) is 7.09. The number of halogens is 2. The van der Waals surface area contributed by atoms with Crippen molar-refractivity contribution in [3.05, 3.63) is 23.3 Å². The van der Waals surface area contributed by atoms with Crippen molar-refractivity contribution in [3.63, 3.8) is 0 Å². The molecule has 102 valence electrons. The highest BCUT2D eigenvalue weighted by atomic mass is 32.2. The number of nitrogens with two attached hydrogens (primary N) is 1. The van der Waals surface area contributed by atoms with E-state index in [2.05, 4.69) is 0 Å². The molecule has 1 atom stereocenters. The average Bonchev–Trinajstić information content (AvgIpc) is 2.25. The standard InChI is InChI=1S/C11H15F2NO3S/c1-6(5-14)7-4-8(12)11(18(3,15)16)9(13)10(7)17-2/h4,6H,5,14H2,1-3H3. The lowest BCUT2D eigenvalue weighted by molar-refractivity contribution is 0.367.